The zero-order valence-electron chi connectivity index (χ0n) is 10.2. The number of hydrogen-bond acceptors (Lipinski definition) is 4. The summed E-state index contributed by atoms with van der Waals surface area (Å²) in [7, 11) is 0. The first-order valence-electron chi connectivity index (χ1n) is 5.49. The molecule has 1 atom stereocenters. The van der Waals surface area contributed by atoms with Crippen LogP contribution in [0.2, 0.25) is 0 Å². The summed E-state index contributed by atoms with van der Waals surface area (Å²) < 4.78 is 0. The van der Waals surface area contributed by atoms with E-state index in [-0.39, 0.29) is 13.1 Å². The van der Waals surface area contributed by atoms with E-state index in [1.54, 1.807) is 31.2 Å². The lowest BCUT2D eigenvalue weighted by molar-refractivity contribution is -0.117. The number of aliphatic hydroxyl groups is 1. The molecule has 0 fully saturated rings. The first kappa shape index (κ1) is 14.0. The second-order valence-corrected chi connectivity index (χ2v) is 4.06. The summed E-state index contributed by atoms with van der Waals surface area (Å²) in [6, 6.07) is 6.84. The Balaban J connectivity index is 2.90. The molecule has 0 bridgehead atoms. The minimum Gasteiger partial charge on any atom is -0.389 e. The fourth-order valence-electron chi connectivity index (χ4n) is 1.58. The summed E-state index contributed by atoms with van der Waals surface area (Å²) in [4.78, 5) is 23.3. The number of hydrogen-bond donors (Lipinski definition) is 3. The number of nitrogens with two attached hydrogens (primary N) is 2. The summed E-state index contributed by atoms with van der Waals surface area (Å²) in [6.07, 6.45) is -0.570. The van der Waals surface area contributed by atoms with Crippen molar-refractivity contribution in [2.24, 2.45) is 11.5 Å². The number of primary amides is 2. The molecule has 18 heavy (non-hydrogen) atoms. The van der Waals surface area contributed by atoms with E-state index in [1.165, 1.54) is 4.90 Å². The molecule has 0 radical (unpaired) electrons. The van der Waals surface area contributed by atoms with Crippen molar-refractivity contribution in [3.63, 3.8) is 0 Å². The highest BCUT2D eigenvalue weighted by atomic mass is 16.3. The maximum Gasteiger partial charge on any atom is 0.236 e. The molecular weight excluding hydrogens is 234 g/mol. The lowest BCUT2D eigenvalue weighted by Gasteiger charge is -2.22. The van der Waals surface area contributed by atoms with Gasteiger partial charge in [0.05, 0.1) is 19.2 Å². The number of nitrogens with zero attached hydrogens (tertiary/aromatic N) is 1. The van der Waals surface area contributed by atoms with E-state index in [1.807, 2.05) is 0 Å². The number of aliphatic hydroxyl groups excluding tert-OH is 1. The Morgan fingerprint density at radius 2 is 1.61 bits per heavy atom. The monoisotopic (exact) mass is 251 g/mol. The highest BCUT2D eigenvalue weighted by Crippen LogP contribution is 2.18. The Hall–Kier alpha value is -2.08. The van der Waals surface area contributed by atoms with Gasteiger partial charge < -0.3 is 21.5 Å². The van der Waals surface area contributed by atoms with E-state index in [2.05, 4.69) is 0 Å². The first-order valence-corrected chi connectivity index (χ1v) is 5.49. The van der Waals surface area contributed by atoms with Crippen LogP contribution in [0.1, 0.15) is 18.6 Å². The molecule has 1 aromatic rings. The van der Waals surface area contributed by atoms with Gasteiger partial charge >= 0.3 is 0 Å². The molecular formula is C12H17N3O3. The smallest absolute Gasteiger partial charge is 0.236 e. The Morgan fingerprint density at radius 3 is 1.94 bits per heavy atom. The molecule has 98 valence electrons. The number of carbonyl (C=O) groups excluding carboxylic acids is 2. The van der Waals surface area contributed by atoms with Crippen LogP contribution in [0.3, 0.4) is 0 Å². The van der Waals surface area contributed by atoms with Crippen LogP contribution in [0.15, 0.2) is 24.3 Å². The summed E-state index contributed by atoms with van der Waals surface area (Å²) in [5.74, 6) is -1.09. The van der Waals surface area contributed by atoms with Crippen LogP contribution < -0.4 is 16.4 Å². The third-order valence-electron chi connectivity index (χ3n) is 2.43. The second kappa shape index (κ2) is 6.02. The minimum atomic E-state index is -0.570. The average Bonchev–Trinajstić information content (AvgIpc) is 2.27. The molecule has 6 nitrogen and oxygen atoms in total. The van der Waals surface area contributed by atoms with Crippen molar-refractivity contribution in [3.05, 3.63) is 29.8 Å². The summed E-state index contributed by atoms with van der Waals surface area (Å²) >= 11 is 0. The minimum absolute atomic E-state index is 0.0863. The van der Waals surface area contributed by atoms with Gasteiger partial charge in [-0.15, -0.1) is 0 Å². The molecule has 1 aromatic carbocycles. The van der Waals surface area contributed by atoms with E-state index >= 15 is 0 Å². The van der Waals surface area contributed by atoms with Gasteiger partial charge in [0.15, 0.2) is 0 Å². The van der Waals surface area contributed by atoms with E-state index in [0.717, 1.165) is 5.56 Å². The highest BCUT2D eigenvalue weighted by molar-refractivity contribution is 5.84. The second-order valence-electron chi connectivity index (χ2n) is 4.06. The van der Waals surface area contributed by atoms with Crippen molar-refractivity contribution in [1.29, 1.82) is 0 Å². The van der Waals surface area contributed by atoms with Crippen molar-refractivity contribution >= 4 is 17.5 Å². The largest absolute Gasteiger partial charge is 0.389 e. The van der Waals surface area contributed by atoms with Gasteiger partial charge in [0.25, 0.3) is 0 Å². The van der Waals surface area contributed by atoms with E-state index in [4.69, 9.17) is 11.5 Å². The zero-order chi connectivity index (χ0) is 13.7. The lowest BCUT2D eigenvalue weighted by Crippen LogP contribution is -2.39. The molecule has 1 rings (SSSR count). The maximum absolute atomic E-state index is 10.9. The van der Waals surface area contributed by atoms with Crippen LogP contribution in [0.5, 0.6) is 0 Å². The van der Waals surface area contributed by atoms with Crippen LogP contribution in [-0.2, 0) is 9.59 Å². The molecule has 0 aliphatic carbocycles. The van der Waals surface area contributed by atoms with Gasteiger partial charge in [0, 0.05) is 5.69 Å². The molecule has 0 spiro atoms. The summed E-state index contributed by atoms with van der Waals surface area (Å²) in [5, 5.41) is 9.38. The average molecular weight is 251 g/mol. The zero-order valence-corrected chi connectivity index (χ0v) is 10.2. The number of benzene rings is 1. The van der Waals surface area contributed by atoms with Gasteiger partial charge in [-0.1, -0.05) is 12.1 Å². The van der Waals surface area contributed by atoms with Gasteiger partial charge in [-0.25, -0.2) is 0 Å². The van der Waals surface area contributed by atoms with Crippen molar-refractivity contribution in [3.8, 4) is 0 Å². The molecule has 0 saturated carbocycles. The molecule has 6 heteroatoms. The third-order valence-corrected chi connectivity index (χ3v) is 2.43. The normalized spacial score (nSPS) is 11.9. The SMILES string of the molecule is CC(O)c1ccc(N(CC(N)=O)CC(N)=O)cc1. The predicted octanol–water partition coefficient (Wildman–Crippen LogP) is -0.483. The van der Waals surface area contributed by atoms with Gasteiger partial charge in [-0.2, -0.15) is 0 Å². The standard InChI is InChI=1S/C12H17N3O3/c1-8(16)9-2-4-10(5-3-9)15(6-11(13)17)7-12(14)18/h2-5,8,16H,6-7H2,1H3,(H2,13,17)(H2,14,18). The lowest BCUT2D eigenvalue weighted by atomic mass is 10.1. The predicted molar refractivity (Wildman–Crippen MR) is 67.7 cm³/mol. The van der Waals surface area contributed by atoms with Crippen LogP contribution >= 0.6 is 0 Å². The molecule has 5 N–H and O–H groups in total. The molecule has 2 amide bonds. The molecule has 0 aliphatic heterocycles. The molecule has 0 saturated heterocycles. The van der Waals surface area contributed by atoms with Crippen LogP contribution in [0.4, 0.5) is 5.69 Å². The Kier molecular flexibility index (Phi) is 4.67. The highest BCUT2D eigenvalue weighted by Gasteiger charge is 2.12. The molecule has 0 aliphatic rings. The Morgan fingerprint density at radius 1 is 1.17 bits per heavy atom. The van der Waals surface area contributed by atoms with Crippen LogP contribution in [-0.4, -0.2) is 30.0 Å². The van der Waals surface area contributed by atoms with Crippen molar-refractivity contribution in [2.75, 3.05) is 18.0 Å². The van der Waals surface area contributed by atoms with Crippen molar-refractivity contribution < 1.29 is 14.7 Å². The van der Waals surface area contributed by atoms with Crippen LogP contribution in [0.25, 0.3) is 0 Å². The summed E-state index contributed by atoms with van der Waals surface area (Å²) in [5.41, 5.74) is 11.6. The topological polar surface area (TPSA) is 110 Å². The maximum atomic E-state index is 10.9. The van der Waals surface area contributed by atoms with Gasteiger partial charge in [-0.05, 0) is 24.6 Å². The fourth-order valence-corrected chi connectivity index (χ4v) is 1.58. The van der Waals surface area contributed by atoms with Gasteiger partial charge in [0.2, 0.25) is 11.8 Å². The summed E-state index contributed by atoms with van der Waals surface area (Å²) in [6.45, 7) is 1.48. The number of rotatable bonds is 6. The van der Waals surface area contributed by atoms with Crippen molar-refractivity contribution in [2.45, 2.75) is 13.0 Å². The molecule has 0 heterocycles. The van der Waals surface area contributed by atoms with Crippen LogP contribution in [0, 0.1) is 0 Å². The number of amides is 2. The fraction of sp³-hybridized carbons (Fsp3) is 0.333. The van der Waals surface area contributed by atoms with E-state index in [9.17, 15) is 14.7 Å². The number of anilines is 1. The van der Waals surface area contributed by atoms with Gasteiger partial charge in [0.1, 0.15) is 0 Å². The van der Waals surface area contributed by atoms with Crippen molar-refractivity contribution in [1.82, 2.24) is 0 Å². The Labute approximate surface area is 105 Å². The molecule has 0 aromatic heterocycles. The molecule has 1 unspecified atom stereocenters. The third kappa shape index (κ3) is 4.06. The Bertz CT molecular complexity index is 413. The number of carbonyl (C=O) groups is 2. The first-order chi connectivity index (χ1) is 8.40. The van der Waals surface area contributed by atoms with Gasteiger partial charge in [-0.3, -0.25) is 9.59 Å². The quantitative estimate of drug-likeness (QED) is 0.634. The van der Waals surface area contributed by atoms with E-state index in [0.29, 0.717) is 5.69 Å². The van der Waals surface area contributed by atoms with E-state index < -0.39 is 17.9 Å².